The van der Waals surface area contributed by atoms with Crippen molar-refractivity contribution in [3.8, 4) is 0 Å². The first-order valence-corrected chi connectivity index (χ1v) is 26.4. The number of piperidine rings is 1. The van der Waals surface area contributed by atoms with E-state index in [0.29, 0.717) is 80.9 Å². The van der Waals surface area contributed by atoms with Gasteiger partial charge in [-0.3, -0.25) is 33.9 Å². The van der Waals surface area contributed by atoms with Gasteiger partial charge in [-0.1, -0.05) is 20.8 Å². The highest BCUT2D eigenvalue weighted by Gasteiger charge is 2.53. The second kappa shape index (κ2) is 26.7. The Morgan fingerprint density at radius 1 is 0.833 bits per heavy atom. The number of cyclic esters (lactones) is 1. The number of esters is 1. The summed E-state index contributed by atoms with van der Waals surface area (Å²) in [5.74, 6) is -2.16. The van der Waals surface area contributed by atoms with E-state index in [1.807, 2.05) is 28.2 Å². The monoisotopic (exact) mass is 1020 g/mol. The van der Waals surface area contributed by atoms with E-state index in [9.17, 15) is 39.0 Å². The molecule has 72 heavy (non-hydrogen) atoms. The molecule has 0 bridgehead atoms. The van der Waals surface area contributed by atoms with E-state index < -0.39 is 36.0 Å². The zero-order valence-corrected chi connectivity index (χ0v) is 43.8. The standard InChI is InChI=1S/C49H83N11O12/c1-8-50-48(68)47-53-52-46(38-27-37(33(3)4)39(61)28-40(38)62)59(47)36-12-10-34(11-13-36)26-35-14-18-57(19-15-35)42(64)16-24-69-25-17-51-41(63)29-56(9-2)22-23-58-32-43(65)70-49(58,5)60-71-44(66)30-54(6)20-21-55(7)31-45(67)72-60/h33-40,61-62H,8-32H2,1-7H3,(H,50,68)(H,51,63). The highest BCUT2D eigenvalue weighted by atomic mass is 17.0. The highest BCUT2D eigenvalue weighted by molar-refractivity contribution is 5.90. The number of aliphatic hydroxyl groups is 2. The van der Waals surface area contributed by atoms with Crippen molar-refractivity contribution in [1.82, 2.24) is 55.1 Å². The maximum atomic E-state index is 13.2. The van der Waals surface area contributed by atoms with Crippen molar-refractivity contribution in [2.24, 2.45) is 23.7 Å². The fraction of sp³-hybridized carbons (Fsp3) is 0.837. The summed E-state index contributed by atoms with van der Waals surface area (Å²) in [5.41, 5.74) is 0. The topological polar surface area (TPSA) is 254 Å². The number of nitrogens with zero attached hydrogens (tertiary/aromatic N) is 9. The number of ether oxygens (including phenoxy) is 2. The molecule has 23 nitrogen and oxygen atoms in total. The van der Waals surface area contributed by atoms with Gasteiger partial charge >= 0.3 is 17.9 Å². The van der Waals surface area contributed by atoms with Crippen molar-refractivity contribution >= 4 is 35.6 Å². The number of hydrogen-bond acceptors (Lipinski definition) is 19. The number of likely N-dealkylation sites (N-methyl/N-ethyl adjacent to an activating group) is 3. The molecule has 0 spiro atoms. The number of nitrogens with one attached hydrogen (secondary N) is 2. The van der Waals surface area contributed by atoms with Crippen molar-refractivity contribution in [3.63, 3.8) is 0 Å². The van der Waals surface area contributed by atoms with Gasteiger partial charge in [0.1, 0.15) is 12.4 Å². The van der Waals surface area contributed by atoms with Gasteiger partial charge < -0.3 is 49.5 Å². The van der Waals surface area contributed by atoms with Crippen LogP contribution >= 0.6 is 0 Å². The number of carbonyl (C=O) groups excluding carboxylic acids is 6. The van der Waals surface area contributed by atoms with Gasteiger partial charge in [-0.15, -0.1) is 10.2 Å². The molecule has 2 aliphatic carbocycles. The van der Waals surface area contributed by atoms with Crippen molar-refractivity contribution in [3.05, 3.63) is 11.6 Å². The SMILES string of the molecule is CCNC(=O)c1nnc(C2CC(C(C)C)C(O)CC2O)n1C1CCC(CC2CCN(C(=O)CCOCCNC(=O)CN(CC)CCN3CC(=O)OC3(C)N3OC(=O)CN(C)CCN(C)CC(=O)O3)CC2)CC1. The van der Waals surface area contributed by atoms with Crippen LogP contribution in [0.25, 0.3) is 0 Å². The Morgan fingerprint density at radius 2 is 1.49 bits per heavy atom. The Kier molecular flexibility index (Phi) is 21.1. The van der Waals surface area contributed by atoms with Crippen molar-refractivity contribution in [2.75, 3.05) is 112 Å². The van der Waals surface area contributed by atoms with Crippen LogP contribution in [0.3, 0.4) is 0 Å². The normalized spacial score (nSPS) is 28.2. The summed E-state index contributed by atoms with van der Waals surface area (Å²) in [5, 5.41) is 37.2. The molecule has 3 amide bonds. The van der Waals surface area contributed by atoms with Gasteiger partial charge in [-0.2, -0.15) is 0 Å². The third-order valence-electron chi connectivity index (χ3n) is 15.3. The Labute approximate surface area is 424 Å². The average Bonchev–Trinajstić information content (AvgIpc) is 3.90. The van der Waals surface area contributed by atoms with Gasteiger partial charge in [0.2, 0.25) is 17.6 Å². The van der Waals surface area contributed by atoms with Crippen molar-refractivity contribution in [1.29, 1.82) is 0 Å². The molecular formula is C49H83N11O12. The molecule has 0 aromatic carbocycles. The Hall–Kier alpha value is -4.36. The van der Waals surface area contributed by atoms with Crippen molar-refractivity contribution < 1.29 is 58.1 Å². The summed E-state index contributed by atoms with van der Waals surface area (Å²) in [4.78, 5) is 97.2. The van der Waals surface area contributed by atoms with E-state index in [1.165, 1.54) is 6.92 Å². The number of aliphatic hydroxyl groups excluding tert-OH is 2. The number of hydrogen-bond donors (Lipinski definition) is 4. The number of rotatable bonds is 20. The summed E-state index contributed by atoms with van der Waals surface area (Å²) in [6.45, 7) is 13.9. The zero-order chi connectivity index (χ0) is 52.1. The van der Waals surface area contributed by atoms with E-state index in [1.54, 1.807) is 28.8 Å². The maximum Gasteiger partial charge on any atom is 0.343 e. The van der Waals surface area contributed by atoms with Gasteiger partial charge in [0.25, 0.3) is 11.8 Å². The molecule has 406 valence electrons. The van der Waals surface area contributed by atoms with Crippen LogP contribution in [0.1, 0.15) is 127 Å². The van der Waals surface area contributed by atoms with Crippen molar-refractivity contribution in [2.45, 2.75) is 129 Å². The molecule has 23 heteroatoms. The molecular weight excluding hydrogens is 935 g/mol. The predicted molar refractivity (Wildman–Crippen MR) is 261 cm³/mol. The number of amides is 3. The van der Waals surface area contributed by atoms with Gasteiger partial charge in [-0.05, 0) is 103 Å². The lowest BCUT2D eigenvalue weighted by Crippen LogP contribution is -2.59. The van der Waals surface area contributed by atoms with Crippen LogP contribution in [-0.4, -0.2) is 221 Å². The van der Waals surface area contributed by atoms with Crippen LogP contribution in [0.2, 0.25) is 0 Å². The molecule has 6 rings (SSSR count). The average molecular weight is 1020 g/mol. The first-order chi connectivity index (χ1) is 34.4. The molecule has 5 aliphatic rings. The first-order valence-electron chi connectivity index (χ1n) is 26.4. The van der Waals surface area contributed by atoms with Gasteiger partial charge in [0.15, 0.2) is 0 Å². The summed E-state index contributed by atoms with van der Waals surface area (Å²) < 4.78 is 13.3. The van der Waals surface area contributed by atoms with Crippen LogP contribution in [-0.2, 0) is 43.1 Å². The zero-order valence-electron chi connectivity index (χ0n) is 43.8. The Morgan fingerprint density at radius 3 is 2.11 bits per heavy atom. The minimum atomic E-state index is -1.74. The Balaban J connectivity index is 0.868. The van der Waals surface area contributed by atoms with E-state index in [-0.39, 0.29) is 107 Å². The highest BCUT2D eigenvalue weighted by Crippen LogP contribution is 2.43. The third kappa shape index (κ3) is 15.4. The smallest absolute Gasteiger partial charge is 0.343 e. The second-order valence-electron chi connectivity index (χ2n) is 21.0. The van der Waals surface area contributed by atoms with Gasteiger partial charge in [-0.25, -0.2) is 14.5 Å². The summed E-state index contributed by atoms with van der Waals surface area (Å²) >= 11 is 0. The number of carbonyl (C=O) groups is 6. The molecule has 1 aromatic rings. The minimum absolute atomic E-state index is 0.0253. The minimum Gasteiger partial charge on any atom is -0.422 e. The summed E-state index contributed by atoms with van der Waals surface area (Å²) in [6, 6.07) is 0.0496. The summed E-state index contributed by atoms with van der Waals surface area (Å²) in [6.07, 6.45) is 6.61. The number of likely N-dealkylation sites (tertiary alicyclic amines) is 1. The molecule has 0 radical (unpaired) electrons. The second-order valence-corrected chi connectivity index (χ2v) is 21.0. The van der Waals surface area contributed by atoms with Crippen LogP contribution in [0, 0.1) is 23.7 Å². The molecule has 4 N–H and O–H groups in total. The van der Waals surface area contributed by atoms with E-state index in [2.05, 4.69) is 34.7 Å². The van der Waals surface area contributed by atoms with Gasteiger partial charge in [0, 0.05) is 77.7 Å². The molecule has 5 fully saturated rings. The van der Waals surface area contributed by atoms with Gasteiger partial charge in [0.05, 0.1) is 56.7 Å². The van der Waals surface area contributed by atoms with E-state index >= 15 is 0 Å². The fourth-order valence-corrected chi connectivity index (χ4v) is 11.0. The first kappa shape index (κ1) is 56.9. The molecule has 2 saturated carbocycles. The van der Waals surface area contributed by atoms with Crippen LogP contribution in [0.4, 0.5) is 0 Å². The largest absolute Gasteiger partial charge is 0.422 e. The lowest BCUT2D eigenvalue weighted by atomic mass is 9.72. The molecule has 3 aliphatic heterocycles. The quantitative estimate of drug-likeness (QED) is 0.104. The van der Waals surface area contributed by atoms with Crippen LogP contribution < -0.4 is 10.6 Å². The molecule has 5 atom stereocenters. The lowest BCUT2D eigenvalue weighted by molar-refractivity contribution is -0.430. The predicted octanol–water partition coefficient (Wildman–Crippen LogP) is 0.732. The molecule has 3 saturated heterocycles. The van der Waals surface area contributed by atoms with E-state index in [4.69, 9.17) is 19.1 Å². The number of hydroxylamine groups is 2. The maximum absolute atomic E-state index is 13.2. The number of aromatic nitrogens is 3. The molecule has 4 heterocycles. The van der Waals surface area contributed by atoms with Crippen LogP contribution in [0.15, 0.2) is 0 Å². The fourth-order valence-electron chi connectivity index (χ4n) is 11.0. The molecule has 5 unspecified atom stereocenters. The summed E-state index contributed by atoms with van der Waals surface area (Å²) in [7, 11) is 3.51. The van der Waals surface area contributed by atoms with E-state index in [0.717, 1.165) is 44.9 Å². The molecule has 1 aromatic heterocycles. The lowest BCUT2D eigenvalue weighted by Gasteiger charge is -2.40. The Bertz CT molecular complexity index is 1950. The van der Waals surface area contributed by atoms with Crippen LogP contribution in [0.5, 0.6) is 0 Å². The third-order valence-corrected chi connectivity index (χ3v) is 15.3.